The van der Waals surface area contributed by atoms with Gasteiger partial charge in [0.25, 0.3) is 0 Å². The fraction of sp³-hybridized carbons (Fsp3) is 0.357. The van der Waals surface area contributed by atoms with E-state index in [4.69, 9.17) is 0 Å². The fourth-order valence-electron chi connectivity index (χ4n) is 2.08. The molecule has 2 rings (SSSR count). The number of nitrogens with zero attached hydrogens (tertiary/aromatic N) is 2. The van der Waals surface area contributed by atoms with Crippen molar-refractivity contribution in [3.63, 3.8) is 0 Å². The van der Waals surface area contributed by atoms with Crippen molar-refractivity contribution in [1.29, 1.82) is 5.26 Å². The summed E-state index contributed by atoms with van der Waals surface area (Å²) in [6, 6.07) is 10.3. The molecule has 0 unspecified atom stereocenters. The van der Waals surface area contributed by atoms with Gasteiger partial charge in [-0.3, -0.25) is 0 Å². The Balaban J connectivity index is 2.30. The van der Waals surface area contributed by atoms with Gasteiger partial charge < -0.3 is 5.21 Å². The first-order valence-electron chi connectivity index (χ1n) is 5.83. The molecule has 1 N–H and O–H groups in total. The van der Waals surface area contributed by atoms with Crippen LogP contribution in [0.5, 0.6) is 0 Å². The Morgan fingerprint density at radius 1 is 1.24 bits per heavy atom. The van der Waals surface area contributed by atoms with Gasteiger partial charge in [0.05, 0.1) is 11.6 Å². The fourth-order valence-corrected chi connectivity index (χ4v) is 2.08. The van der Waals surface area contributed by atoms with E-state index in [-0.39, 0.29) is 0 Å². The van der Waals surface area contributed by atoms with E-state index >= 15 is 0 Å². The average molecular weight is 228 g/mol. The molecule has 1 aliphatic rings. The Morgan fingerprint density at radius 2 is 1.82 bits per heavy atom. The minimum absolute atomic E-state index is 0.617. The molecule has 1 aromatic carbocycles. The summed E-state index contributed by atoms with van der Waals surface area (Å²) in [7, 11) is 0. The molecule has 0 bridgehead atoms. The summed E-state index contributed by atoms with van der Waals surface area (Å²) in [5.41, 5.74) is 4.11. The molecule has 3 nitrogen and oxygen atoms in total. The second-order valence-electron chi connectivity index (χ2n) is 4.41. The van der Waals surface area contributed by atoms with Gasteiger partial charge in [-0.25, -0.2) is 0 Å². The third-order valence-electron chi connectivity index (χ3n) is 3.15. The van der Waals surface area contributed by atoms with E-state index in [1.165, 1.54) is 10.6 Å². The number of aryl methyl sites for hydroxylation is 1. The molecule has 17 heavy (non-hydrogen) atoms. The van der Waals surface area contributed by atoms with Gasteiger partial charge in [0.15, 0.2) is 0 Å². The molecule has 1 aliphatic heterocycles. The molecule has 88 valence electrons. The van der Waals surface area contributed by atoms with Gasteiger partial charge in [0.2, 0.25) is 0 Å². The number of piperidine rings is 1. The molecule has 0 atom stereocenters. The number of rotatable bonds is 1. The number of nitriles is 1. The lowest BCUT2D eigenvalue weighted by Crippen LogP contribution is -2.27. The standard InChI is InChI=1S/C14H16N2O/c1-11-2-4-12(5-3-11)14(10-15)13-6-8-16(17)9-7-13/h2-5,17H,6-9H2,1H3. The molecule has 3 heteroatoms. The quantitative estimate of drug-likeness (QED) is 0.752. The Bertz CT molecular complexity index is 458. The van der Waals surface area contributed by atoms with Crippen molar-refractivity contribution in [1.82, 2.24) is 5.06 Å². The van der Waals surface area contributed by atoms with Crippen LogP contribution in [0.2, 0.25) is 0 Å². The average Bonchev–Trinajstić information content (AvgIpc) is 2.35. The highest BCUT2D eigenvalue weighted by Crippen LogP contribution is 2.25. The Kier molecular flexibility index (Phi) is 3.58. The van der Waals surface area contributed by atoms with Gasteiger partial charge in [-0.1, -0.05) is 29.8 Å². The van der Waals surface area contributed by atoms with Gasteiger partial charge >= 0.3 is 0 Å². The molecular formula is C14H16N2O. The summed E-state index contributed by atoms with van der Waals surface area (Å²) >= 11 is 0. The van der Waals surface area contributed by atoms with Crippen LogP contribution in [0.3, 0.4) is 0 Å². The summed E-state index contributed by atoms with van der Waals surface area (Å²) in [5.74, 6) is 0. The number of hydrogen-bond donors (Lipinski definition) is 1. The van der Waals surface area contributed by atoms with Crippen LogP contribution in [-0.4, -0.2) is 23.4 Å². The van der Waals surface area contributed by atoms with Crippen molar-refractivity contribution in [2.24, 2.45) is 0 Å². The lowest BCUT2D eigenvalue weighted by Gasteiger charge is -2.23. The first kappa shape index (κ1) is 11.8. The maximum Gasteiger partial charge on any atom is 0.0997 e. The van der Waals surface area contributed by atoms with Crippen LogP contribution >= 0.6 is 0 Å². The van der Waals surface area contributed by atoms with Crippen molar-refractivity contribution in [3.8, 4) is 6.07 Å². The van der Waals surface area contributed by atoms with Crippen LogP contribution in [-0.2, 0) is 0 Å². The Morgan fingerprint density at radius 3 is 2.35 bits per heavy atom. The number of benzene rings is 1. The normalized spacial score (nSPS) is 16.6. The second kappa shape index (κ2) is 5.13. The summed E-state index contributed by atoms with van der Waals surface area (Å²) in [6.07, 6.45) is 1.54. The van der Waals surface area contributed by atoms with Crippen LogP contribution in [0.1, 0.15) is 24.0 Å². The second-order valence-corrected chi connectivity index (χ2v) is 4.41. The molecule has 0 aliphatic carbocycles. The molecule has 1 heterocycles. The highest BCUT2D eigenvalue weighted by Gasteiger charge is 2.16. The first-order chi connectivity index (χ1) is 8.20. The van der Waals surface area contributed by atoms with Gasteiger partial charge in [-0.2, -0.15) is 10.3 Å². The highest BCUT2D eigenvalue weighted by molar-refractivity contribution is 5.79. The van der Waals surface area contributed by atoms with Crippen LogP contribution in [0, 0.1) is 18.3 Å². The van der Waals surface area contributed by atoms with Crippen LogP contribution in [0.4, 0.5) is 0 Å². The van der Waals surface area contributed by atoms with Gasteiger partial charge in [0, 0.05) is 13.1 Å². The van der Waals surface area contributed by atoms with E-state index in [9.17, 15) is 10.5 Å². The molecule has 0 radical (unpaired) electrons. The SMILES string of the molecule is Cc1ccc(C(C#N)=C2CCN(O)CC2)cc1. The zero-order valence-electron chi connectivity index (χ0n) is 9.98. The lowest BCUT2D eigenvalue weighted by molar-refractivity contribution is -0.0958. The van der Waals surface area contributed by atoms with E-state index < -0.39 is 0 Å². The van der Waals surface area contributed by atoms with Crippen molar-refractivity contribution < 1.29 is 5.21 Å². The van der Waals surface area contributed by atoms with Crippen molar-refractivity contribution >= 4 is 5.57 Å². The molecule has 1 saturated heterocycles. The lowest BCUT2D eigenvalue weighted by atomic mass is 9.94. The van der Waals surface area contributed by atoms with Gasteiger partial charge in [0.1, 0.15) is 0 Å². The maximum atomic E-state index is 9.32. The summed E-state index contributed by atoms with van der Waals surface area (Å²) in [6.45, 7) is 3.27. The summed E-state index contributed by atoms with van der Waals surface area (Å²) in [5, 5.41) is 19.9. The Hall–Kier alpha value is -1.63. The van der Waals surface area contributed by atoms with Crippen LogP contribution in [0.25, 0.3) is 5.57 Å². The molecule has 0 saturated carbocycles. The predicted octanol–water partition coefficient (Wildman–Crippen LogP) is 2.76. The zero-order chi connectivity index (χ0) is 12.3. The minimum Gasteiger partial charge on any atom is -0.314 e. The zero-order valence-corrected chi connectivity index (χ0v) is 9.98. The van der Waals surface area contributed by atoms with E-state index in [0.717, 1.165) is 29.6 Å². The largest absolute Gasteiger partial charge is 0.314 e. The molecule has 0 amide bonds. The Labute approximate surface area is 102 Å². The van der Waals surface area contributed by atoms with Crippen molar-refractivity contribution in [2.75, 3.05) is 13.1 Å². The predicted molar refractivity (Wildman–Crippen MR) is 66.3 cm³/mol. The third-order valence-corrected chi connectivity index (χ3v) is 3.15. The van der Waals surface area contributed by atoms with E-state index in [0.29, 0.717) is 13.1 Å². The number of hydroxylamine groups is 2. The first-order valence-corrected chi connectivity index (χ1v) is 5.83. The summed E-state index contributed by atoms with van der Waals surface area (Å²) in [4.78, 5) is 0. The van der Waals surface area contributed by atoms with E-state index in [1.54, 1.807) is 0 Å². The molecular weight excluding hydrogens is 212 g/mol. The van der Waals surface area contributed by atoms with E-state index in [1.807, 2.05) is 31.2 Å². The molecule has 1 fully saturated rings. The number of hydrogen-bond acceptors (Lipinski definition) is 3. The number of allylic oxidation sites excluding steroid dienone is 1. The summed E-state index contributed by atoms with van der Waals surface area (Å²) < 4.78 is 0. The smallest absolute Gasteiger partial charge is 0.0997 e. The topological polar surface area (TPSA) is 47.3 Å². The van der Waals surface area contributed by atoms with E-state index in [2.05, 4.69) is 6.07 Å². The third kappa shape index (κ3) is 2.73. The highest BCUT2D eigenvalue weighted by atomic mass is 16.5. The van der Waals surface area contributed by atoms with Gasteiger partial charge in [-0.15, -0.1) is 0 Å². The monoisotopic (exact) mass is 228 g/mol. The van der Waals surface area contributed by atoms with Crippen LogP contribution in [0.15, 0.2) is 29.8 Å². The minimum atomic E-state index is 0.617. The maximum absolute atomic E-state index is 9.32. The molecule has 0 spiro atoms. The molecule has 0 aromatic heterocycles. The molecule has 1 aromatic rings. The van der Waals surface area contributed by atoms with Crippen molar-refractivity contribution in [3.05, 3.63) is 41.0 Å². The van der Waals surface area contributed by atoms with Crippen molar-refractivity contribution in [2.45, 2.75) is 19.8 Å². The van der Waals surface area contributed by atoms with Gasteiger partial charge in [-0.05, 0) is 30.9 Å². The van der Waals surface area contributed by atoms with Crippen LogP contribution < -0.4 is 0 Å².